The standard InChI is InChI=1S/C37H52N2O3/c1-28(2)25-39(26-31-17-18-31)22-21-37(32-14-10-15-35(23-32)42-29(3)40)24-34(20-19-33(37)27-39)38-36(41)16-9-5-8-13-30-11-6-4-7-12-30/h4,6-7,10-12,14-15,23,28,31,33-34H,5,8-9,13,16-22,24-27H2,1-3H3/p+1/t33?,34-,37+,39-/m0/s1. The number of nitrogens with zero attached hydrogens (tertiary/aromatic N) is 1. The summed E-state index contributed by atoms with van der Waals surface area (Å²) in [4.78, 5) is 24.9. The molecule has 0 bridgehead atoms. The lowest BCUT2D eigenvalue weighted by atomic mass is 9.57. The second-order valence-electron chi connectivity index (χ2n) is 14.3. The van der Waals surface area contributed by atoms with Gasteiger partial charge in [0.2, 0.25) is 5.91 Å². The molecule has 0 radical (unpaired) electrons. The molecule has 5 rings (SSSR count). The van der Waals surface area contributed by atoms with Gasteiger partial charge >= 0.3 is 5.97 Å². The number of aryl methyl sites for hydroxylation is 1. The van der Waals surface area contributed by atoms with E-state index in [-0.39, 0.29) is 23.3 Å². The molecule has 3 fully saturated rings. The van der Waals surface area contributed by atoms with Crippen LogP contribution >= 0.6 is 0 Å². The molecule has 2 aromatic rings. The third kappa shape index (κ3) is 8.03. The third-order valence-corrected chi connectivity index (χ3v) is 10.2. The maximum absolute atomic E-state index is 13.1. The highest BCUT2D eigenvalue weighted by Gasteiger charge is 2.54. The number of ether oxygens (including phenoxy) is 1. The number of amides is 1. The Morgan fingerprint density at radius 3 is 2.55 bits per heavy atom. The molecule has 2 aliphatic carbocycles. The molecular formula is C37H53N2O3+. The van der Waals surface area contributed by atoms with Crippen LogP contribution in [0.4, 0.5) is 0 Å². The lowest BCUT2D eigenvalue weighted by molar-refractivity contribution is -0.942. The van der Waals surface area contributed by atoms with E-state index < -0.39 is 0 Å². The van der Waals surface area contributed by atoms with E-state index in [1.54, 1.807) is 0 Å². The van der Waals surface area contributed by atoms with E-state index in [1.165, 1.54) is 61.6 Å². The minimum Gasteiger partial charge on any atom is -0.427 e. The number of carbonyl (C=O) groups excluding carboxylic acids is 2. The maximum atomic E-state index is 13.1. The molecule has 0 aromatic heterocycles. The largest absolute Gasteiger partial charge is 0.427 e. The van der Waals surface area contributed by atoms with Gasteiger partial charge in [-0.15, -0.1) is 0 Å². The molecule has 3 aliphatic rings. The highest BCUT2D eigenvalue weighted by Crippen LogP contribution is 2.52. The highest BCUT2D eigenvalue weighted by atomic mass is 16.5. The number of quaternary nitrogens is 1. The molecular weight excluding hydrogens is 520 g/mol. The molecule has 228 valence electrons. The van der Waals surface area contributed by atoms with Gasteiger partial charge < -0.3 is 14.5 Å². The third-order valence-electron chi connectivity index (χ3n) is 10.2. The smallest absolute Gasteiger partial charge is 0.308 e. The van der Waals surface area contributed by atoms with E-state index in [0.717, 1.165) is 57.3 Å². The normalized spacial score (nSPS) is 27.3. The van der Waals surface area contributed by atoms with Crippen molar-refractivity contribution in [3.8, 4) is 5.75 Å². The summed E-state index contributed by atoms with van der Waals surface area (Å²) < 4.78 is 6.81. The van der Waals surface area contributed by atoms with Crippen molar-refractivity contribution in [3.63, 3.8) is 0 Å². The number of rotatable bonds is 13. The Balaban J connectivity index is 1.26. The van der Waals surface area contributed by atoms with E-state index in [0.29, 0.717) is 24.0 Å². The minimum absolute atomic E-state index is 0.00429. The Labute approximate surface area is 254 Å². The molecule has 1 amide bonds. The molecule has 1 saturated heterocycles. The SMILES string of the molecule is CC(=O)Oc1cccc([C@]23CC[N@+](CC(C)C)(CC4CC4)CC2CC[C@H](NC(=O)CCCCCc2ccccc2)C3)c1. The Hall–Kier alpha value is -2.66. The van der Waals surface area contributed by atoms with Crippen LogP contribution in [0.15, 0.2) is 54.6 Å². The first-order valence-electron chi connectivity index (χ1n) is 16.7. The molecule has 1 aliphatic heterocycles. The van der Waals surface area contributed by atoms with Gasteiger partial charge in [-0.2, -0.15) is 0 Å². The number of benzene rings is 2. The Morgan fingerprint density at radius 1 is 1.00 bits per heavy atom. The van der Waals surface area contributed by atoms with Crippen LogP contribution in [0.2, 0.25) is 0 Å². The summed E-state index contributed by atoms with van der Waals surface area (Å²) in [6, 6.07) is 19.1. The fourth-order valence-electron chi connectivity index (χ4n) is 8.38. The first-order chi connectivity index (χ1) is 20.3. The van der Waals surface area contributed by atoms with Crippen LogP contribution in [0.3, 0.4) is 0 Å². The minimum atomic E-state index is -0.278. The number of hydrogen-bond donors (Lipinski definition) is 1. The Bertz CT molecular complexity index is 1190. The van der Waals surface area contributed by atoms with E-state index >= 15 is 0 Å². The van der Waals surface area contributed by atoms with Gasteiger partial charge in [-0.1, -0.05) is 62.7 Å². The number of likely N-dealkylation sites (tertiary alicyclic amines) is 1. The van der Waals surface area contributed by atoms with Gasteiger partial charge in [0.05, 0.1) is 26.2 Å². The molecule has 1 heterocycles. The molecule has 42 heavy (non-hydrogen) atoms. The van der Waals surface area contributed by atoms with Crippen LogP contribution in [-0.4, -0.2) is 48.6 Å². The summed E-state index contributed by atoms with van der Waals surface area (Å²) in [7, 11) is 0. The quantitative estimate of drug-likeness (QED) is 0.119. The van der Waals surface area contributed by atoms with Gasteiger partial charge in [0.15, 0.2) is 0 Å². The highest BCUT2D eigenvalue weighted by molar-refractivity contribution is 5.76. The number of hydrogen-bond acceptors (Lipinski definition) is 3. The van der Waals surface area contributed by atoms with Crippen molar-refractivity contribution in [3.05, 3.63) is 65.7 Å². The second-order valence-corrected chi connectivity index (χ2v) is 14.3. The predicted octanol–water partition coefficient (Wildman–Crippen LogP) is 7.22. The fourth-order valence-corrected chi connectivity index (χ4v) is 8.38. The number of piperidine rings is 1. The summed E-state index contributed by atoms with van der Waals surface area (Å²) in [6.07, 6.45) is 12.0. The average Bonchev–Trinajstić information content (AvgIpc) is 3.77. The van der Waals surface area contributed by atoms with Gasteiger partial charge in [0.1, 0.15) is 5.75 Å². The zero-order chi connectivity index (χ0) is 29.6. The number of fused-ring (bicyclic) bond motifs is 1. The topological polar surface area (TPSA) is 55.4 Å². The molecule has 0 spiro atoms. The van der Waals surface area contributed by atoms with E-state index in [9.17, 15) is 9.59 Å². The average molecular weight is 574 g/mol. The molecule has 2 saturated carbocycles. The maximum Gasteiger partial charge on any atom is 0.308 e. The first kappa shape index (κ1) is 30.8. The molecule has 5 heteroatoms. The van der Waals surface area contributed by atoms with Crippen molar-refractivity contribution in [1.82, 2.24) is 5.32 Å². The summed E-state index contributed by atoms with van der Waals surface area (Å²) in [5.41, 5.74) is 2.67. The lowest BCUT2D eigenvalue weighted by Crippen LogP contribution is -2.64. The van der Waals surface area contributed by atoms with Crippen LogP contribution in [-0.2, 0) is 21.4 Å². The zero-order valence-electron chi connectivity index (χ0n) is 26.3. The van der Waals surface area contributed by atoms with Crippen LogP contribution in [0, 0.1) is 17.8 Å². The Kier molecular flexibility index (Phi) is 10.1. The van der Waals surface area contributed by atoms with Crippen LogP contribution in [0.25, 0.3) is 0 Å². The molecule has 5 nitrogen and oxygen atoms in total. The van der Waals surface area contributed by atoms with E-state index in [4.69, 9.17) is 4.74 Å². The summed E-state index contributed by atoms with van der Waals surface area (Å²) in [5, 5.41) is 3.47. The van der Waals surface area contributed by atoms with Crippen molar-refractivity contribution in [1.29, 1.82) is 0 Å². The summed E-state index contributed by atoms with van der Waals surface area (Å²) >= 11 is 0. The zero-order valence-corrected chi connectivity index (χ0v) is 26.3. The van der Waals surface area contributed by atoms with Crippen LogP contribution in [0.5, 0.6) is 5.75 Å². The summed E-state index contributed by atoms with van der Waals surface area (Å²) in [5.74, 6) is 2.73. The van der Waals surface area contributed by atoms with Crippen LogP contribution in [0.1, 0.15) is 96.1 Å². The molecule has 2 aromatic carbocycles. The van der Waals surface area contributed by atoms with Crippen LogP contribution < -0.4 is 10.1 Å². The number of carbonyl (C=O) groups is 2. The lowest BCUT2D eigenvalue weighted by Gasteiger charge is -2.57. The van der Waals surface area contributed by atoms with Gasteiger partial charge in [-0.05, 0) is 74.6 Å². The second kappa shape index (κ2) is 13.8. The predicted molar refractivity (Wildman–Crippen MR) is 169 cm³/mol. The number of unbranched alkanes of at least 4 members (excludes halogenated alkanes) is 2. The molecule has 1 N–H and O–H groups in total. The fraction of sp³-hybridized carbons (Fsp3) is 0.622. The number of nitrogens with one attached hydrogen (secondary N) is 1. The van der Waals surface area contributed by atoms with Crippen molar-refractivity contribution in [2.45, 2.75) is 103 Å². The van der Waals surface area contributed by atoms with Gasteiger partial charge in [0.25, 0.3) is 0 Å². The van der Waals surface area contributed by atoms with E-state index in [2.05, 4.69) is 61.6 Å². The van der Waals surface area contributed by atoms with Gasteiger partial charge in [-0.25, -0.2) is 0 Å². The van der Waals surface area contributed by atoms with Gasteiger partial charge in [0, 0.05) is 49.0 Å². The molecule has 4 atom stereocenters. The van der Waals surface area contributed by atoms with Gasteiger partial charge in [-0.3, -0.25) is 9.59 Å². The van der Waals surface area contributed by atoms with Crippen molar-refractivity contribution >= 4 is 11.9 Å². The van der Waals surface area contributed by atoms with E-state index in [1.807, 2.05) is 12.1 Å². The monoisotopic (exact) mass is 573 g/mol. The van der Waals surface area contributed by atoms with Crippen molar-refractivity contribution in [2.75, 3.05) is 26.2 Å². The first-order valence-corrected chi connectivity index (χ1v) is 16.7. The summed E-state index contributed by atoms with van der Waals surface area (Å²) in [6.45, 7) is 11.3. The van der Waals surface area contributed by atoms with Crippen molar-refractivity contribution in [2.24, 2.45) is 17.8 Å². The Morgan fingerprint density at radius 2 is 1.81 bits per heavy atom. The van der Waals surface area contributed by atoms with Crippen molar-refractivity contribution < 1.29 is 18.8 Å². The number of esters is 1. The molecule has 1 unspecified atom stereocenters.